The summed E-state index contributed by atoms with van der Waals surface area (Å²) in [7, 11) is 0. The summed E-state index contributed by atoms with van der Waals surface area (Å²) in [5.41, 5.74) is 0.963. The molecule has 72 valence electrons. The average molecular weight is 188 g/mol. The minimum atomic E-state index is -0.155. The Morgan fingerprint density at radius 3 is 2.71 bits per heavy atom. The van der Waals surface area contributed by atoms with Gasteiger partial charge in [-0.05, 0) is 12.1 Å². The van der Waals surface area contributed by atoms with Crippen molar-refractivity contribution in [3.63, 3.8) is 0 Å². The van der Waals surface area contributed by atoms with E-state index in [0.717, 1.165) is 12.0 Å². The average Bonchev–Trinajstić information content (AvgIpc) is 2.61. The smallest absolute Gasteiger partial charge is 0.145 e. The number of hydrogen-bond donors (Lipinski definition) is 0. The van der Waals surface area contributed by atoms with Crippen LogP contribution in [0.1, 0.15) is 6.92 Å². The largest absolute Gasteiger partial charge is 0.301 e. The highest BCUT2D eigenvalue weighted by Crippen LogP contribution is 2.23. The van der Waals surface area contributed by atoms with Gasteiger partial charge in [0.15, 0.2) is 0 Å². The lowest BCUT2D eigenvalue weighted by Crippen LogP contribution is -2.32. The number of benzene rings is 1. The third-order valence-electron chi connectivity index (χ3n) is 2.41. The number of hydrogen-bond acceptors (Lipinski definition) is 3. The summed E-state index contributed by atoms with van der Waals surface area (Å²) in [6.07, 6.45) is 2.76. The molecular weight excluding hydrogens is 176 g/mol. The molecule has 0 saturated carbocycles. The molecule has 0 N–H and O–H groups in total. The summed E-state index contributed by atoms with van der Waals surface area (Å²) >= 11 is 0. The van der Waals surface area contributed by atoms with Crippen molar-refractivity contribution in [2.45, 2.75) is 13.0 Å². The van der Waals surface area contributed by atoms with Crippen LogP contribution in [0.4, 0.5) is 5.69 Å². The van der Waals surface area contributed by atoms with E-state index in [1.807, 2.05) is 43.5 Å². The van der Waals surface area contributed by atoms with Gasteiger partial charge in [0.25, 0.3) is 0 Å². The predicted molar refractivity (Wildman–Crippen MR) is 56.4 cm³/mol. The lowest BCUT2D eigenvalue weighted by atomic mass is 10.1. The van der Waals surface area contributed by atoms with Crippen molar-refractivity contribution in [1.82, 2.24) is 0 Å². The van der Waals surface area contributed by atoms with E-state index >= 15 is 0 Å². The highest BCUT2D eigenvalue weighted by atomic mass is 16.1. The first kappa shape index (κ1) is 8.94. The molecule has 2 unspecified atom stereocenters. The number of nitrogens with zero attached hydrogens (tertiary/aromatic N) is 2. The molecule has 2 rings (SSSR count). The van der Waals surface area contributed by atoms with Crippen molar-refractivity contribution in [3.05, 3.63) is 30.3 Å². The van der Waals surface area contributed by atoms with Gasteiger partial charge < -0.3 is 4.79 Å². The van der Waals surface area contributed by atoms with Crippen LogP contribution in [-0.2, 0) is 4.79 Å². The molecule has 0 saturated heterocycles. The number of carbonyl (C=O) groups excluding carboxylic acids is 1. The van der Waals surface area contributed by atoms with Gasteiger partial charge in [0.05, 0.1) is 5.69 Å². The van der Waals surface area contributed by atoms with Gasteiger partial charge in [-0.25, -0.2) is 0 Å². The Bertz CT molecular complexity index is 348. The van der Waals surface area contributed by atoms with Gasteiger partial charge in [0, 0.05) is 12.1 Å². The monoisotopic (exact) mass is 188 g/mol. The van der Waals surface area contributed by atoms with Crippen molar-refractivity contribution in [3.8, 4) is 0 Å². The number of carbonyl (C=O) groups is 1. The summed E-state index contributed by atoms with van der Waals surface area (Å²) in [5, 5.41) is 5.98. The third kappa shape index (κ3) is 1.41. The first-order chi connectivity index (χ1) is 6.83. The Kier molecular flexibility index (Phi) is 2.31. The highest BCUT2D eigenvalue weighted by molar-refractivity contribution is 5.79. The van der Waals surface area contributed by atoms with Crippen LogP contribution < -0.4 is 5.01 Å². The summed E-state index contributed by atoms with van der Waals surface area (Å²) < 4.78 is 0. The van der Waals surface area contributed by atoms with Crippen LogP contribution in [0, 0.1) is 5.92 Å². The molecule has 0 spiro atoms. The van der Waals surface area contributed by atoms with Crippen molar-refractivity contribution in [2.75, 3.05) is 5.01 Å². The lowest BCUT2D eigenvalue weighted by molar-refractivity contribution is -0.109. The van der Waals surface area contributed by atoms with E-state index in [1.54, 1.807) is 5.01 Å². The van der Waals surface area contributed by atoms with E-state index in [1.165, 1.54) is 0 Å². The number of para-hydroxylation sites is 1. The number of anilines is 1. The van der Waals surface area contributed by atoms with Gasteiger partial charge in [-0.1, -0.05) is 25.1 Å². The second-order valence-electron chi connectivity index (χ2n) is 3.43. The Balaban J connectivity index is 2.28. The van der Waals surface area contributed by atoms with Crippen molar-refractivity contribution in [2.24, 2.45) is 11.0 Å². The molecule has 1 aliphatic heterocycles. The summed E-state index contributed by atoms with van der Waals surface area (Å²) in [6, 6.07) is 9.57. The van der Waals surface area contributed by atoms with E-state index in [9.17, 15) is 4.79 Å². The standard InChI is InChI=1S/C11H12N2O/c1-9-7-12-13(11(9)8-14)10-5-3-2-4-6-10/h2-9,11H,1H3. The maximum absolute atomic E-state index is 10.9. The van der Waals surface area contributed by atoms with E-state index in [4.69, 9.17) is 0 Å². The van der Waals surface area contributed by atoms with Crippen LogP contribution in [0.3, 0.4) is 0 Å². The Labute approximate surface area is 83.0 Å². The molecule has 0 aromatic heterocycles. The third-order valence-corrected chi connectivity index (χ3v) is 2.41. The van der Waals surface area contributed by atoms with Gasteiger partial charge in [0.2, 0.25) is 0 Å². The first-order valence-corrected chi connectivity index (χ1v) is 4.66. The quantitative estimate of drug-likeness (QED) is 0.662. The van der Waals surface area contributed by atoms with Crippen molar-refractivity contribution < 1.29 is 4.79 Å². The normalized spacial score (nSPS) is 25.4. The zero-order chi connectivity index (χ0) is 9.97. The summed E-state index contributed by atoms with van der Waals surface area (Å²) in [6.45, 7) is 1.99. The SMILES string of the molecule is CC1C=NN(c2ccccc2)C1C=O. The molecule has 1 aromatic carbocycles. The molecule has 0 aliphatic carbocycles. The maximum Gasteiger partial charge on any atom is 0.145 e. The topological polar surface area (TPSA) is 32.7 Å². The molecule has 14 heavy (non-hydrogen) atoms. The molecule has 0 bridgehead atoms. The van der Waals surface area contributed by atoms with Gasteiger partial charge in [0.1, 0.15) is 12.3 Å². The molecule has 0 fully saturated rings. The molecule has 3 heteroatoms. The Hall–Kier alpha value is -1.64. The molecule has 0 amide bonds. The van der Waals surface area contributed by atoms with Crippen LogP contribution in [0.5, 0.6) is 0 Å². The fourth-order valence-electron chi connectivity index (χ4n) is 1.57. The van der Waals surface area contributed by atoms with Gasteiger partial charge in [-0.3, -0.25) is 5.01 Å². The minimum Gasteiger partial charge on any atom is -0.301 e. The van der Waals surface area contributed by atoms with Crippen molar-refractivity contribution >= 4 is 18.2 Å². The second kappa shape index (κ2) is 3.62. The van der Waals surface area contributed by atoms with Crippen molar-refractivity contribution in [1.29, 1.82) is 0 Å². The van der Waals surface area contributed by atoms with E-state index < -0.39 is 0 Å². The van der Waals surface area contributed by atoms with Crippen LogP contribution in [-0.4, -0.2) is 18.5 Å². The van der Waals surface area contributed by atoms with Crippen LogP contribution in [0.2, 0.25) is 0 Å². The second-order valence-corrected chi connectivity index (χ2v) is 3.43. The first-order valence-electron chi connectivity index (χ1n) is 4.66. The number of aldehydes is 1. The van der Waals surface area contributed by atoms with Crippen LogP contribution in [0.25, 0.3) is 0 Å². The van der Waals surface area contributed by atoms with Gasteiger partial charge in [-0.15, -0.1) is 0 Å². The molecule has 1 aromatic rings. The Morgan fingerprint density at radius 2 is 2.07 bits per heavy atom. The molecule has 1 heterocycles. The summed E-state index contributed by atoms with van der Waals surface area (Å²) in [5.74, 6) is 0.188. The Morgan fingerprint density at radius 1 is 1.36 bits per heavy atom. The minimum absolute atomic E-state index is 0.155. The number of hydrazone groups is 1. The van der Waals surface area contributed by atoms with Crippen LogP contribution in [0.15, 0.2) is 35.4 Å². The van der Waals surface area contributed by atoms with E-state index in [-0.39, 0.29) is 12.0 Å². The zero-order valence-corrected chi connectivity index (χ0v) is 8.00. The fourth-order valence-corrected chi connectivity index (χ4v) is 1.57. The predicted octanol–water partition coefficient (Wildman–Crippen LogP) is 1.70. The summed E-state index contributed by atoms with van der Waals surface area (Å²) in [4.78, 5) is 10.9. The number of rotatable bonds is 2. The lowest BCUT2D eigenvalue weighted by Gasteiger charge is -2.21. The fraction of sp³-hybridized carbons (Fsp3) is 0.273. The van der Waals surface area contributed by atoms with E-state index in [0.29, 0.717) is 0 Å². The van der Waals surface area contributed by atoms with Gasteiger partial charge in [-0.2, -0.15) is 5.10 Å². The van der Waals surface area contributed by atoms with Crippen LogP contribution >= 0.6 is 0 Å². The highest BCUT2D eigenvalue weighted by Gasteiger charge is 2.27. The maximum atomic E-state index is 10.9. The molecule has 0 radical (unpaired) electrons. The molecular formula is C11H12N2O. The zero-order valence-electron chi connectivity index (χ0n) is 8.00. The van der Waals surface area contributed by atoms with Gasteiger partial charge >= 0.3 is 0 Å². The molecule has 1 aliphatic rings. The molecule has 2 atom stereocenters. The molecule has 3 nitrogen and oxygen atoms in total. The van der Waals surface area contributed by atoms with E-state index in [2.05, 4.69) is 5.10 Å².